The van der Waals surface area contributed by atoms with Gasteiger partial charge in [0.1, 0.15) is 12.2 Å². The maximum Gasteiger partial charge on any atom is 0.240 e. The van der Waals surface area contributed by atoms with E-state index in [9.17, 15) is 18.6 Å². The third-order valence-corrected chi connectivity index (χ3v) is 7.17. The molecule has 152 valence electrons. The minimum atomic E-state index is -3.72. The molecule has 0 amide bonds. The molecule has 2 aliphatic heterocycles. The van der Waals surface area contributed by atoms with Crippen molar-refractivity contribution in [1.29, 1.82) is 0 Å². The largest absolute Gasteiger partial charge is 0.394 e. The number of nitrogens with zero attached hydrogens (tertiary/aromatic N) is 1. The summed E-state index contributed by atoms with van der Waals surface area (Å²) in [5.74, 6) is 0.635. The van der Waals surface area contributed by atoms with Gasteiger partial charge in [0.2, 0.25) is 10.0 Å². The number of aliphatic hydroxyl groups excluding tert-OH is 2. The molecule has 2 saturated heterocycles. The van der Waals surface area contributed by atoms with E-state index in [1.54, 1.807) is 0 Å². The van der Waals surface area contributed by atoms with Gasteiger partial charge in [-0.05, 0) is 56.1 Å². The van der Waals surface area contributed by atoms with Gasteiger partial charge in [-0.15, -0.1) is 0 Å². The summed E-state index contributed by atoms with van der Waals surface area (Å²) in [4.78, 5) is 2.27. The predicted molar refractivity (Wildman–Crippen MR) is 102 cm³/mol. The second-order valence-corrected chi connectivity index (χ2v) is 9.60. The molecule has 0 saturated carbocycles. The Bertz CT molecular complexity index is 722. The Balaban J connectivity index is 1.70. The van der Waals surface area contributed by atoms with Crippen molar-refractivity contribution in [1.82, 2.24) is 9.62 Å². The Labute approximate surface area is 165 Å². The van der Waals surface area contributed by atoms with Crippen LogP contribution in [-0.2, 0) is 14.8 Å². The monoisotopic (exact) mass is 418 g/mol. The van der Waals surface area contributed by atoms with E-state index >= 15 is 0 Å². The Morgan fingerprint density at radius 3 is 2.44 bits per heavy atom. The van der Waals surface area contributed by atoms with Gasteiger partial charge in [0.05, 0.1) is 23.6 Å². The zero-order chi connectivity index (χ0) is 19.6. The standard InChI is InChI=1S/C18H27ClN2O5S/c1-12-6-8-21(9-7-12)17-15(26-16(11-22)18(17)23)10-20-27(24,25)14-4-2-13(19)3-5-14/h2-5,12,15-18,20,22-23H,6-11H2,1H3/t15-,16+,17-,18-/m1/s1. The lowest BCUT2D eigenvalue weighted by Crippen LogP contribution is -2.53. The zero-order valence-electron chi connectivity index (χ0n) is 15.3. The highest BCUT2D eigenvalue weighted by Crippen LogP contribution is 2.29. The van der Waals surface area contributed by atoms with Crippen molar-refractivity contribution < 1.29 is 23.4 Å². The third-order valence-electron chi connectivity index (χ3n) is 5.48. The molecule has 1 aromatic carbocycles. The predicted octanol–water partition coefficient (Wildman–Crippen LogP) is 0.839. The maximum atomic E-state index is 12.5. The third kappa shape index (κ3) is 4.82. The summed E-state index contributed by atoms with van der Waals surface area (Å²) in [6, 6.07) is 5.57. The van der Waals surface area contributed by atoms with Crippen molar-refractivity contribution >= 4 is 21.6 Å². The van der Waals surface area contributed by atoms with Gasteiger partial charge in [0, 0.05) is 11.6 Å². The Morgan fingerprint density at radius 2 is 1.85 bits per heavy atom. The van der Waals surface area contributed by atoms with Gasteiger partial charge in [-0.2, -0.15) is 0 Å². The Morgan fingerprint density at radius 1 is 1.22 bits per heavy atom. The van der Waals surface area contributed by atoms with Crippen LogP contribution in [-0.4, -0.2) is 74.1 Å². The lowest BCUT2D eigenvalue weighted by atomic mass is 9.94. The lowest BCUT2D eigenvalue weighted by molar-refractivity contribution is -0.0201. The van der Waals surface area contributed by atoms with Crippen LogP contribution in [0.1, 0.15) is 19.8 Å². The molecule has 3 rings (SSSR count). The molecule has 1 aromatic rings. The van der Waals surface area contributed by atoms with E-state index < -0.39 is 28.3 Å². The van der Waals surface area contributed by atoms with Crippen molar-refractivity contribution in [3.63, 3.8) is 0 Å². The van der Waals surface area contributed by atoms with Crippen LogP contribution in [0.3, 0.4) is 0 Å². The molecule has 27 heavy (non-hydrogen) atoms. The van der Waals surface area contributed by atoms with E-state index in [1.807, 2.05) is 0 Å². The SMILES string of the molecule is CC1CCN([C@H]2[C@H](O)[C@H](CO)O[C@@H]2CNS(=O)(=O)c2ccc(Cl)cc2)CC1. The van der Waals surface area contributed by atoms with Gasteiger partial charge in [-0.1, -0.05) is 18.5 Å². The lowest BCUT2D eigenvalue weighted by Gasteiger charge is -2.38. The van der Waals surface area contributed by atoms with Crippen LogP contribution < -0.4 is 4.72 Å². The Kier molecular flexibility index (Phi) is 6.79. The number of halogens is 1. The highest BCUT2D eigenvalue weighted by atomic mass is 35.5. The van der Waals surface area contributed by atoms with E-state index in [4.69, 9.17) is 16.3 Å². The summed E-state index contributed by atoms with van der Waals surface area (Å²) >= 11 is 5.81. The number of hydrogen-bond acceptors (Lipinski definition) is 6. The van der Waals surface area contributed by atoms with Crippen molar-refractivity contribution in [2.75, 3.05) is 26.2 Å². The van der Waals surface area contributed by atoms with E-state index in [0.29, 0.717) is 10.9 Å². The van der Waals surface area contributed by atoms with Crippen LogP contribution in [0.4, 0.5) is 0 Å². The number of nitrogens with one attached hydrogen (secondary N) is 1. The second-order valence-electron chi connectivity index (χ2n) is 7.40. The molecule has 0 unspecified atom stereocenters. The highest BCUT2D eigenvalue weighted by molar-refractivity contribution is 7.89. The fourth-order valence-corrected chi connectivity index (χ4v) is 4.98. The summed E-state index contributed by atoms with van der Waals surface area (Å²) in [7, 11) is -3.72. The number of rotatable bonds is 6. The molecule has 0 radical (unpaired) electrons. The minimum absolute atomic E-state index is 0.0231. The second kappa shape index (κ2) is 8.73. The molecule has 0 bridgehead atoms. The van der Waals surface area contributed by atoms with Crippen molar-refractivity contribution in [2.45, 2.75) is 49.0 Å². The number of sulfonamides is 1. The van der Waals surface area contributed by atoms with E-state index in [2.05, 4.69) is 16.5 Å². The first-order chi connectivity index (χ1) is 12.8. The molecule has 9 heteroatoms. The Hall–Kier alpha value is -0.740. The first-order valence-electron chi connectivity index (χ1n) is 9.25. The maximum absolute atomic E-state index is 12.5. The van der Waals surface area contributed by atoms with Gasteiger partial charge >= 0.3 is 0 Å². The summed E-state index contributed by atoms with van der Waals surface area (Å²) < 4.78 is 33.4. The minimum Gasteiger partial charge on any atom is -0.394 e. The smallest absolute Gasteiger partial charge is 0.240 e. The van der Waals surface area contributed by atoms with E-state index in [0.717, 1.165) is 25.9 Å². The molecule has 7 nitrogen and oxygen atoms in total. The van der Waals surface area contributed by atoms with Crippen LogP contribution in [0.25, 0.3) is 0 Å². The van der Waals surface area contributed by atoms with Gasteiger partial charge in [-0.25, -0.2) is 13.1 Å². The van der Waals surface area contributed by atoms with Crippen molar-refractivity contribution in [2.24, 2.45) is 5.92 Å². The molecule has 0 spiro atoms. The van der Waals surface area contributed by atoms with Crippen LogP contribution in [0, 0.1) is 5.92 Å². The van der Waals surface area contributed by atoms with Gasteiger partial charge in [-0.3, -0.25) is 4.90 Å². The molecule has 2 heterocycles. The van der Waals surface area contributed by atoms with Crippen LogP contribution in [0.2, 0.25) is 5.02 Å². The molecule has 4 atom stereocenters. The van der Waals surface area contributed by atoms with Crippen molar-refractivity contribution in [3.05, 3.63) is 29.3 Å². The van der Waals surface area contributed by atoms with Crippen LogP contribution in [0.15, 0.2) is 29.2 Å². The number of likely N-dealkylation sites (tertiary alicyclic amines) is 1. The first kappa shape index (κ1) is 21.0. The fraction of sp³-hybridized carbons (Fsp3) is 0.667. The topological polar surface area (TPSA) is 99.1 Å². The molecular weight excluding hydrogens is 392 g/mol. The first-order valence-corrected chi connectivity index (χ1v) is 11.1. The van der Waals surface area contributed by atoms with Gasteiger partial charge in [0.15, 0.2) is 0 Å². The summed E-state index contributed by atoms with van der Waals surface area (Å²) in [5, 5.41) is 20.5. The quantitative estimate of drug-likeness (QED) is 0.633. The normalized spacial score (nSPS) is 30.7. The summed E-state index contributed by atoms with van der Waals surface area (Å²) in [5.41, 5.74) is 0. The van der Waals surface area contributed by atoms with Gasteiger partial charge < -0.3 is 14.9 Å². The molecule has 0 aliphatic carbocycles. The van der Waals surface area contributed by atoms with Crippen LogP contribution in [0.5, 0.6) is 0 Å². The highest BCUT2D eigenvalue weighted by Gasteiger charge is 2.46. The average Bonchev–Trinajstić information content (AvgIpc) is 2.97. The molecule has 0 aromatic heterocycles. The number of benzene rings is 1. The molecule has 2 aliphatic rings. The average molecular weight is 419 g/mol. The zero-order valence-corrected chi connectivity index (χ0v) is 16.9. The molecule has 2 fully saturated rings. The van der Waals surface area contributed by atoms with Crippen LogP contribution >= 0.6 is 11.6 Å². The summed E-state index contributed by atoms with van der Waals surface area (Å²) in [6.45, 7) is 3.57. The van der Waals surface area contributed by atoms with E-state index in [-0.39, 0.29) is 24.1 Å². The van der Waals surface area contributed by atoms with Gasteiger partial charge in [0.25, 0.3) is 0 Å². The number of hydrogen-bond donors (Lipinski definition) is 3. The van der Waals surface area contributed by atoms with E-state index in [1.165, 1.54) is 24.3 Å². The number of aliphatic hydroxyl groups is 2. The number of piperidine rings is 1. The molecular formula is C18H27ClN2O5S. The summed E-state index contributed by atoms with van der Waals surface area (Å²) in [6.07, 6.45) is -0.0487. The van der Waals surface area contributed by atoms with Crippen molar-refractivity contribution in [3.8, 4) is 0 Å². The molecule has 3 N–H and O–H groups in total. The number of ether oxygens (including phenoxy) is 1. The fourth-order valence-electron chi connectivity index (χ4n) is 3.81.